The number of amides is 1. The van der Waals surface area contributed by atoms with Gasteiger partial charge in [-0.1, -0.05) is 30.3 Å². The van der Waals surface area contributed by atoms with Crippen LogP contribution >= 0.6 is 0 Å². The minimum Gasteiger partial charge on any atom is -0.445 e. The monoisotopic (exact) mass is 433 g/mol. The second-order valence-corrected chi connectivity index (χ2v) is 7.34. The lowest BCUT2D eigenvalue weighted by Gasteiger charge is -2.43. The van der Waals surface area contributed by atoms with Crippen LogP contribution in [0.15, 0.2) is 41.8 Å². The Morgan fingerprint density at radius 1 is 1.32 bits per heavy atom. The van der Waals surface area contributed by atoms with Crippen molar-refractivity contribution in [2.75, 3.05) is 13.1 Å². The van der Waals surface area contributed by atoms with Crippen molar-refractivity contribution in [3.8, 4) is 11.9 Å². The van der Waals surface area contributed by atoms with Crippen LogP contribution in [0.2, 0.25) is 0 Å². The quantitative estimate of drug-likeness (QED) is 0.751. The van der Waals surface area contributed by atoms with Crippen molar-refractivity contribution in [3.63, 3.8) is 0 Å². The fourth-order valence-electron chi connectivity index (χ4n) is 4.11. The molecule has 0 radical (unpaired) electrons. The van der Waals surface area contributed by atoms with E-state index in [4.69, 9.17) is 15.2 Å². The van der Waals surface area contributed by atoms with E-state index in [1.807, 2.05) is 41.5 Å². The predicted molar refractivity (Wildman–Crippen MR) is 100 cm³/mol. The van der Waals surface area contributed by atoms with Crippen LogP contribution in [0, 0.1) is 11.3 Å². The largest absolute Gasteiger partial charge is 0.445 e. The molecule has 3 N–H and O–H groups in total. The van der Waals surface area contributed by atoms with Gasteiger partial charge in [-0.15, -0.1) is 5.10 Å². The van der Waals surface area contributed by atoms with Gasteiger partial charge in [0.2, 0.25) is 11.8 Å². The summed E-state index contributed by atoms with van der Waals surface area (Å²) in [6, 6.07) is 11.0. The van der Waals surface area contributed by atoms with Gasteiger partial charge in [0.15, 0.2) is 0 Å². The molecule has 1 fully saturated rings. The van der Waals surface area contributed by atoms with Crippen molar-refractivity contribution in [1.29, 1.82) is 5.26 Å². The molecule has 0 unspecified atom stereocenters. The number of carbonyl (C=O) groups is 1. The third-order valence-corrected chi connectivity index (χ3v) is 5.62. The van der Waals surface area contributed by atoms with Gasteiger partial charge in [0.05, 0.1) is 5.56 Å². The summed E-state index contributed by atoms with van der Waals surface area (Å²) in [6.07, 6.45) is -5.23. The van der Waals surface area contributed by atoms with Gasteiger partial charge in [0.1, 0.15) is 23.9 Å². The first-order valence-electron chi connectivity index (χ1n) is 9.46. The standard InChI is InChI=1S/C20H18F3N5O3/c21-20(22,23)15-14-17(27-26-15)31-16(25)13(10-24)19(14)6-8-28(9-7-19)18(29)30-11-12-4-2-1-3-5-12/h1-5H,6-9,11,25H2,(H,26,27). The Kier molecular flexibility index (Phi) is 5.00. The van der Waals surface area contributed by atoms with Gasteiger partial charge >= 0.3 is 12.3 Å². The number of nitrogens with zero attached hydrogens (tertiary/aromatic N) is 3. The molecule has 11 heteroatoms. The van der Waals surface area contributed by atoms with E-state index in [1.54, 1.807) is 0 Å². The summed E-state index contributed by atoms with van der Waals surface area (Å²) in [7, 11) is 0. The van der Waals surface area contributed by atoms with Gasteiger partial charge in [0.25, 0.3) is 0 Å². The molecule has 0 atom stereocenters. The summed E-state index contributed by atoms with van der Waals surface area (Å²) >= 11 is 0. The molecule has 2 aliphatic heterocycles. The van der Waals surface area contributed by atoms with Crippen LogP contribution in [-0.4, -0.2) is 34.3 Å². The smallest absolute Gasteiger partial charge is 0.433 e. The molecule has 0 saturated carbocycles. The van der Waals surface area contributed by atoms with Crippen LogP contribution in [0.25, 0.3) is 0 Å². The number of fused-ring (bicyclic) bond motifs is 2. The van der Waals surface area contributed by atoms with Gasteiger partial charge in [-0.05, 0) is 18.4 Å². The van der Waals surface area contributed by atoms with Gasteiger partial charge in [-0.25, -0.2) is 4.79 Å². The molecule has 3 heterocycles. The zero-order chi connectivity index (χ0) is 22.2. The molecule has 1 spiro atoms. The number of alkyl halides is 3. The number of rotatable bonds is 2. The summed E-state index contributed by atoms with van der Waals surface area (Å²) in [5, 5.41) is 15.2. The average molecular weight is 433 g/mol. The Morgan fingerprint density at radius 3 is 2.61 bits per heavy atom. The molecule has 8 nitrogen and oxygen atoms in total. The molecule has 2 aromatic rings. The topological polar surface area (TPSA) is 117 Å². The number of aromatic amines is 1. The number of ether oxygens (including phenoxy) is 2. The summed E-state index contributed by atoms with van der Waals surface area (Å²) < 4.78 is 51.3. The van der Waals surface area contributed by atoms with E-state index in [0.29, 0.717) is 0 Å². The van der Waals surface area contributed by atoms with E-state index < -0.39 is 23.4 Å². The number of halogens is 3. The predicted octanol–water partition coefficient (Wildman–Crippen LogP) is 3.19. The number of nitrogens with one attached hydrogen (secondary N) is 1. The van der Waals surface area contributed by atoms with Crippen molar-refractivity contribution in [2.45, 2.75) is 31.0 Å². The lowest BCUT2D eigenvalue weighted by Crippen LogP contribution is -2.48. The Hall–Kier alpha value is -3.68. The normalized spacial score (nSPS) is 17.7. The van der Waals surface area contributed by atoms with E-state index in [1.165, 1.54) is 4.90 Å². The van der Waals surface area contributed by atoms with Gasteiger partial charge in [0, 0.05) is 18.5 Å². The van der Waals surface area contributed by atoms with Crippen molar-refractivity contribution in [2.24, 2.45) is 5.73 Å². The Bertz CT molecular complexity index is 1060. The van der Waals surface area contributed by atoms with Crippen LogP contribution in [0.4, 0.5) is 18.0 Å². The number of piperidine rings is 1. The molecule has 1 amide bonds. The second-order valence-electron chi connectivity index (χ2n) is 7.34. The molecular formula is C20H18F3N5O3. The van der Waals surface area contributed by atoms with Gasteiger partial charge in [-0.3, -0.25) is 5.10 Å². The number of aromatic nitrogens is 2. The molecule has 4 rings (SSSR count). The number of H-pyrrole nitrogens is 1. The van der Waals surface area contributed by atoms with E-state index in [9.17, 15) is 23.2 Å². The summed E-state index contributed by atoms with van der Waals surface area (Å²) in [4.78, 5) is 13.9. The maximum absolute atomic E-state index is 13.6. The molecule has 1 aromatic heterocycles. The van der Waals surface area contributed by atoms with Crippen molar-refractivity contribution in [3.05, 3.63) is 58.6 Å². The molecule has 0 bridgehead atoms. The zero-order valence-electron chi connectivity index (χ0n) is 16.2. The van der Waals surface area contributed by atoms with Crippen LogP contribution in [0.5, 0.6) is 5.88 Å². The number of benzene rings is 1. The third kappa shape index (κ3) is 3.54. The van der Waals surface area contributed by atoms with Crippen molar-refractivity contribution in [1.82, 2.24) is 15.1 Å². The molecular weight excluding hydrogens is 415 g/mol. The average Bonchev–Trinajstić information content (AvgIpc) is 3.18. The minimum absolute atomic E-state index is 0.0377. The summed E-state index contributed by atoms with van der Waals surface area (Å²) in [5.41, 5.74) is 3.86. The first kappa shape index (κ1) is 20.6. The zero-order valence-corrected chi connectivity index (χ0v) is 16.2. The van der Waals surface area contributed by atoms with Gasteiger partial charge < -0.3 is 20.1 Å². The van der Waals surface area contributed by atoms with Gasteiger partial charge in [-0.2, -0.15) is 18.4 Å². The Morgan fingerprint density at radius 2 is 2.00 bits per heavy atom. The fourth-order valence-corrected chi connectivity index (χ4v) is 4.11. The number of nitriles is 1. The van der Waals surface area contributed by atoms with Crippen molar-refractivity contribution >= 4 is 6.09 Å². The highest BCUT2D eigenvalue weighted by Gasteiger charge is 2.53. The highest BCUT2D eigenvalue weighted by atomic mass is 19.4. The van der Waals surface area contributed by atoms with Crippen LogP contribution in [0.1, 0.15) is 29.7 Å². The van der Waals surface area contributed by atoms with E-state index in [-0.39, 0.29) is 55.4 Å². The molecule has 1 saturated heterocycles. The van der Waals surface area contributed by atoms with Crippen LogP contribution < -0.4 is 10.5 Å². The Balaban J connectivity index is 1.57. The SMILES string of the molecule is N#CC1=C(N)Oc2n[nH]c(C(F)(F)F)c2C12CCN(C(=O)OCc1ccccc1)CC2. The number of allylic oxidation sites excluding steroid dienone is 1. The number of carbonyl (C=O) groups excluding carboxylic acids is 1. The first-order valence-corrected chi connectivity index (χ1v) is 9.46. The van der Waals surface area contributed by atoms with E-state index >= 15 is 0 Å². The van der Waals surface area contributed by atoms with Crippen LogP contribution in [0.3, 0.4) is 0 Å². The number of likely N-dealkylation sites (tertiary alicyclic amines) is 1. The number of hydrogen-bond donors (Lipinski definition) is 2. The summed E-state index contributed by atoms with van der Waals surface area (Å²) in [5.74, 6) is -0.584. The molecule has 162 valence electrons. The first-order chi connectivity index (χ1) is 14.8. The third-order valence-electron chi connectivity index (χ3n) is 5.62. The van der Waals surface area contributed by atoms with E-state index in [0.717, 1.165) is 5.56 Å². The highest BCUT2D eigenvalue weighted by molar-refractivity contribution is 5.68. The molecule has 0 aliphatic carbocycles. The fraction of sp³-hybridized carbons (Fsp3) is 0.350. The highest BCUT2D eigenvalue weighted by Crippen LogP contribution is 2.52. The summed E-state index contributed by atoms with van der Waals surface area (Å²) in [6.45, 7) is 0.234. The maximum atomic E-state index is 13.6. The lowest BCUT2D eigenvalue weighted by molar-refractivity contribution is -0.142. The number of nitrogens with two attached hydrogens (primary N) is 1. The minimum atomic E-state index is -4.73. The molecule has 31 heavy (non-hydrogen) atoms. The van der Waals surface area contributed by atoms with E-state index in [2.05, 4.69) is 5.10 Å². The lowest BCUT2D eigenvalue weighted by atomic mass is 9.67. The van der Waals surface area contributed by atoms with Crippen molar-refractivity contribution < 1.29 is 27.4 Å². The molecule has 2 aliphatic rings. The maximum Gasteiger partial charge on any atom is 0.433 e. The molecule has 1 aromatic carbocycles. The second kappa shape index (κ2) is 7.54. The number of hydrogen-bond acceptors (Lipinski definition) is 6. The Labute approximate surface area is 175 Å². The van der Waals surface area contributed by atoms with Crippen LogP contribution in [-0.2, 0) is 22.9 Å².